The van der Waals surface area contributed by atoms with Gasteiger partial charge in [-0.25, -0.2) is 0 Å². The van der Waals surface area contributed by atoms with Crippen molar-refractivity contribution >= 4 is 5.69 Å². The van der Waals surface area contributed by atoms with E-state index in [1.54, 1.807) is 0 Å². The van der Waals surface area contributed by atoms with Crippen LogP contribution in [0.4, 0.5) is 5.69 Å². The van der Waals surface area contributed by atoms with Crippen molar-refractivity contribution in [3.05, 3.63) is 36.2 Å². The van der Waals surface area contributed by atoms with Crippen LogP contribution in [-0.4, -0.2) is 23.4 Å². The number of aryl methyl sites for hydroxylation is 1. The number of likely N-dealkylation sites (N-methyl/N-ethyl adjacent to an activating group) is 1. The molecule has 2 heterocycles. The van der Waals surface area contributed by atoms with Crippen molar-refractivity contribution in [3.63, 3.8) is 0 Å². The van der Waals surface area contributed by atoms with Gasteiger partial charge in [0.25, 0.3) is 0 Å². The first-order valence-corrected chi connectivity index (χ1v) is 6.53. The van der Waals surface area contributed by atoms with Gasteiger partial charge in [0.2, 0.25) is 0 Å². The summed E-state index contributed by atoms with van der Waals surface area (Å²) in [7, 11) is 4.14. The Morgan fingerprint density at radius 1 is 1.28 bits per heavy atom. The third kappa shape index (κ3) is 1.70. The van der Waals surface area contributed by atoms with Crippen molar-refractivity contribution in [1.82, 2.24) is 9.78 Å². The van der Waals surface area contributed by atoms with Crippen molar-refractivity contribution in [2.75, 3.05) is 18.5 Å². The molecule has 1 atom stereocenters. The van der Waals surface area contributed by atoms with E-state index in [0.717, 1.165) is 6.54 Å². The Hall–Kier alpha value is -1.77. The van der Waals surface area contributed by atoms with Crippen molar-refractivity contribution in [3.8, 4) is 11.1 Å². The number of anilines is 1. The molecule has 0 aliphatic carbocycles. The molecular formula is C15H19N3. The summed E-state index contributed by atoms with van der Waals surface area (Å²) in [5.41, 5.74) is 5.34. The van der Waals surface area contributed by atoms with E-state index in [1.165, 1.54) is 28.8 Å². The first kappa shape index (κ1) is 11.3. The van der Waals surface area contributed by atoms with Gasteiger partial charge in [-0.2, -0.15) is 5.10 Å². The van der Waals surface area contributed by atoms with E-state index in [4.69, 9.17) is 0 Å². The summed E-state index contributed by atoms with van der Waals surface area (Å²) in [4.78, 5) is 2.36. The predicted molar refractivity (Wildman–Crippen MR) is 74.9 cm³/mol. The molecule has 94 valence electrons. The van der Waals surface area contributed by atoms with Crippen LogP contribution < -0.4 is 4.90 Å². The fourth-order valence-electron chi connectivity index (χ4n) is 2.86. The molecule has 1 aromatic heterocycles. The lowest BCUT2D eigenvalue weighted by molar-refractivity contribution is 0.696. The van der Waals surface area contributed by atoms with E-state index in [1.807, 2.05) is 17.9 Å². The van der Waals surface area contributed by atoms with E-state index in [2.05, 4.69) is 48.4 Å². The largest absolute Gasteiger partial charge is 0.374 e. The van der Waals surface area contributed by atoms with Gasteiger partial charge >= 0.3 is 0 Å². The average Bonchev–Trinajstić information content (AvgIpc) is 2.93. The summed E-state index contributed by atoms with van der Waals surface area (Å²) in [6.45, 7) is 3.41. The number of aromatic nitrogens is 2. The molecule has 0 saturated heterocycles. The maximum atomic E-state index is 4.25. The number of hydrogen-bond donors (Lipinski definition) is 0. The van der Waals surface area contributed by atoms with Crippen LogP contribution >= 0.6 is 0 Å². The van der Waals surface area contributed by atoms with Crippen molar-refractivity contribution in [2.45, 2.75) is 19.3 Å². The quantitative estimate of drug-likeness (QED) is 0.806. The van der Waals surface area contributed by atoms with E-state index >= 15 is 0 Å². The topological polar surface area (TPSA) is 21.1 Å². The second kappa shape index (κ2) is 4.16. The minimum atomic E-state index is 0.668. The molecule has 0 radical (unpaired) electrons. The fourth-order valence-corrected chi connectivity index (χ4v) is 2.86. The molecule has 2 aromatic rings. The number of fused-ring (bicyclic) bond motifs is 1. The Labute approximate surface area is 108 Å². The van der Waals surface area contributed by atoms with Crippen molar-refractivity contribution < 1.29 is 0 Å². The molecule has 0 bridgehead atoms. The third-order valence-electron chi connectivity index (χ3n) is 3.90. The minimum Gasteiger partial charge on any atom is -0.374 e. The van der Waals surface area contributed by atoms with Crippen LogP contribution in [0.15, 0.2) is 30.6 Å². The van der Waals surface area contributed by atoms with E-state index in [9.17, 15) is 0 Å². The molecule has 3 rings (SSSR count). The number of benzene rings is 1. The van der Waals surface area contributed by atoms with Crippen LogP contribution in [0.1, 0.15) is 24.8 Å². The lowest BCUT2D eigenvalue weighted by atomic mass is 9.95. The van der Waals surface area contributed by atoms with Gasteiger partial charge in [0, 0.05) is 44.0 Å². The van der Waals surface area contributed by atoms with Gasteiger partial charge in [-0.3, -0.25) is 4.68 Å². The molecule has 0 unspecified atom stereocenters. The maximum Gasteiger partial charge on any atom is 0.0568 e. The Morgan fingerprint density at radius 2 is 2.11 bits per heavy atom. The van der Waals surface area contributed by atoms with Crippen LogP contribution in [0.25, 0.3) is 11.1 Å². The summed E-state index contributed by atoms with van der Waals surface area (Å²) in [6.07, 6.45) is 5.20. The number of nitrogens with zero attached hydrogens (tertiary/aromatic N) is 3. The number of rotatable bonds is 2. The highest BCUT2D eigenvalue weighted by molar-refractivity contribution is 5.70. The van der Waals surface area contributed by atoms with Crippen LogP contribution in [0, 0.1) is 0 Å². The smallest absolute Gasteiger partial charge is 0.0568 e. The summed E-state index contributed by atoms with van der Waals surface area (Å²) in [6, 6.07) is 6.78. The predicted octanol–water partition coefficient (Wildman–Crippen LogP) is 3.03. The highest BCUT2D eigenvalue weighted by atomic mass is 15.2. The molecular weight excluding hydrogens is 222 g/mol. The van der Waals surface area contributed by atoms with Gasteiger partial charge in [0.05, 0.1) is 6.20 Å². The third-order valence-corrected chi connectivity index (χ3v) is 3.90. The van der Waals surface area contributed by atoms with Crippen LogP contribution in [-0.2, 0) is 7.05 Å². The minimum absolute atomic E-state index is 0.668. The van der Waals surface area contributed by atoms with E-state index in [0.29, 0.717) is 5.92 Å². The summed E-state index contributed by atoms with van der Waals surface area (Å²) < 4.78 is 1.85. The normalized spacial score (nSPS) is 18.2. The molecule has 1 aliphatic rings. The van der Waals surface area contributed by atoms with Gasteiger partial charge in [-0.1, -0.05) is 13.0 Å². The second-order valence-corrected chi connectivity index (χ2v) is 5.16. The first-order valence-electron chi connectivity index (χ1n) is 6.53. The summed E-state index contributed by atoms with van der Waals surface area (Å²) >= 11 is 0. The van der Waals surface area contributed by atoms with Crippen LogP contribution in [0.3, 0.4) is 0 Å². The SMILES string of the molecule is CC[C@@H]1CN(C)c2ccc(-c3cnn(C)c3)cc21. The molecule has 0 saturated carbocycles. The molecule has 3 nitrogen and oxygen atoms in total. The average molecular weight is 241 g/mol. The zero-order valence-corrected chi connectivity index (χ0v) is 11.2. The van der Waals surface area contributed by atoms with Crippen molar-refractivity contribution in [1.29, 1.82) is 0 Å². The fraction of sp³-hybridized carbons (Fsp3) is 0.400. The Morgan fingerprint density at radius 3 is 2.78 bits per heavy atom. The van der Waals surface area contributed by atoms with Gasteiger partial charge < -0.3 is 4.90 Å². The Bertz CT molecular complexity index is 571. The molecule has 0 N–H and O–H groups in total. The molecule has 0 spiro atoms. The zero-order chi connectivity index (χ0) is 12.7. The molecule has 0 amide bonds. The van der Waals surface area contributed by atoms with Gasteiger partial charge in [0.1, 0.15) is 0 Å². The molecule has 3 heteroatoms. The number of hydrogen-bond acceptors (Lipinski definition) is 2. The van der Waals surface area contributed by atoms with Gasteiger partial charge in [0.15, 0.2) is 0 Å². The van der Waals surface area contributed by atoms with Crippen molar-refractivity contribution in [2.24, 2.45) is 7.05 Å². The first-order chi connectivity index (χ1) is 8.69. The van der Waals surface area contributed by atoms with E-state index < -0.39 is 0 Å². The molecule has 1 aliphatic heterocycles. The second-order valence-electron chi connectivity index (χ2n) is 5.16. The van der Waals surface area contributed by atoms with Crippen LogP contribution in [0.2, 0.25) is 0 Å². The van der Waals surface area contributed by atoms with E-state index in [-0.39, 0.29) is 0 Å². The summed E-state index contributed by atoms with van der Waals surface area (Å²) in [5.74, 6) is 0.668. The maximum absolute atomic E-state index is 4.25. The molecule has 0 fully saturated rings. The highest BCUT2D eigenvalue weighted by Gasteiger charge is 2.25. The zero-order valence-electron chi connectivity index (χ0n) is 11.2. The summed E-state index contributed by atoms with van der Waals surface area (Å²) in [5, 5.41) is 4.25. The lowest BCUT2D eigenvalue weighted by Gasteiger charge is -2.11. The Kier molecular flexibility index (Phi) is 2.62. The monoisotopic (exact) mass is 241 g/mol. The highest BCUT2D eigenvalue weighted by Crippen LogP contribution is 2.39. The van der Waals surface area contributed by atoms with Gasteiger partial charge in [-0.05, 0) is 29.7 Å². The van der Waals surface area contributed by atoms with Crippen LogP contribution in [0.5, 0.6) is 0 Å². The van der Waals surface area contributed by atoms with Gasteiger partial charge in [-0.15, -0.1) is 0 Å². The lowest BCUT2D eigenvalue weighted by Crippen LogP contribution is -2.14. The standard InChI is InChI=1S/C15H19N3/c1-4-11-9-17(2)15-6-5-12(7-14(11)15)13-8-16-18(3)10-13/h5-8,10-11H,4,9H2,1-3H3/t11-/m1/s1. The Balaban J connectivity index is 2.05. The molecule has 18 heavy (non-hydrogen) atoms. The molecule has 1 aromatic carbocycles.